The Morgan fingerprint density at radius 3 is 2.38 bits per heavy atom. The van der Waals surface area contributed by atoms with Gasteiger partial charge in [-0.1, -0.05) is 18.2 Å². The third-order valence-electron chi connectivity index (χ3n) is 4.41. The number of amides is 1. The minimum Gasteiger partial charge on any atom is -0.375 e. The van der Waals surface area contributed by atoms with Crippen molar-refractivity contribution in [2.75, 3.05) is 31.0 Å². The van der Waals surface area contributed by atoms with Gasteiger partial charge in [0.05, 0.1) is 23.3 Å². The molecular formula is C19H22N2O4S. The first kappa shape index (κ1) is 18.4. The molecule has 0 radical (unpaired) electrons. The van der Waals surface area contributed by atoms with Gasteiger partial charge < -0.3 is 9.64 Å². The number of hydrogen-bond acceptors (Lipinski definition) is 4. The maximum Gasteiger partial charge on any atom is 0.264 e. The largest absolute Gasteiger partial charge is 0.375 e. The molecule has 6 nitrogen and oxygen atoms in total. The van der Waals surface area contributed by atoms with Gasteiger partial charge in [0.15, 0.2) is 0 Å². The number of anilines is 1. The highest BCUT2D eigenvalue weighted by Gasteiger charge is 2.24. The van der Waals surface area contributed by atoms with Crippen LogP contribution in [0.15, 0.2) is 59.5 Å². The van der Waals surface area contributed by atoms with Gasteiger partial charge in [-0.2, -0.15) is 0 Å². The first-order valence-electron chi connectivity index (χ1n) is 8.44. The fourth-order valence-electron chi connectivity index (χ4n) is 2.89. The quantitative estimate of drug-likeness (QED) is 0.824. The van der Waals surface area contributed by atoms with Crippen molar-refractivity contribution in [3.8, 4) is 0 Å². The molecule has 26 heavy (non-hydrogen) atoms. The second-order valence-electron chi connectivity index (χ2n) is 6.27. The van der Waals surface area contributed by atoms with E-state index in [0.29, 0.717) is 30.9 Å². The lowest BCUT2D eigenvalue weighted by Crippen LogP contribution is -2.44. The monoisotopic (exact) mass is 374 g/mol. The highest BCUT2D eigenvalue weighted by molar-refractivity contribution is 7.92. The van der Waals surface area contributed by atoms with Crippen molar-refractivity contribution in [2.24, 2.45) is 0 Å². The number of benzene rings is 2. The van der Waals surface area contributed by atoms with Crippen LogP contribution in [0.2, 0.25) is 0 Å². The third-order valence-corrected chi connectivity index (χ3v) is 6.21. The van der Waals surface area contributed by atoms with E-state index in [4.69, 9.17) is 4.74 Å². The molecule has 1 saturated heterocycles. The lowest BCUT2D eigenvalue weighted by molar-refractivity contribution is -0.0124. The van der Waals surface area contributed by atoms with E-state index in [0.717, 1.165) is 0 Å². The molecule has 0 saturated carbocycles. The van der Waals surface area contributed by atoms with Crippen LogP contribution in [-0.2, 0) is 14.8 Å². The van der Waals surface area contributed by atoms with Crippen LogP contribution in [-0.4, -0.2) is 52.1 Å². The summed E-state index contributed by atoms with van der Waals surface area (Å²) < 4.78 is 32.2. The zero-order chi connectivity index (χ0) is 18.7. The van der Waals surface area contributed by atoms with Crippen LogP contribution in [0.25, 0.3) is 0 Å². The van der Waals surface area contributed by atoms with E-state index < -0.39 is 10.0 Å². The summed E-state index contributed by atoms with van der Waals surface area (Å²) in [5, 5.41) is 0. The number of nitrogens with zero attached hydrogens (tertiary/aromatic N) is 2. The zero-order valence-corrected chi connectivity index (χ0v) is 15.6. The minimum atomic E-state index is -3.68. The van der Waals surface area contributed by atoms with Gasteiger partial charge in [-0.15, -0.1) is 0 Å². The number of ether oxygens (including phenoxy) is 1. The summed E-state index contributed by atoms with van der Waals surface area (Å²) in [6.07, 6.45) is 0.00636. The van der Waals surface area contributed by atoms with Gasteiger partial charge in [0.1, 0.15) is 0 Å². The molecule has 2 aromatic rings. The van der Waals surface area contributed by atoms with Crippen LogP contribution in [0.5, 0.6) is 0 Å². The van der Waals surface area contributed by atoms with Crippen LogP contribution >= 0.6 is 0 Å². The van der Waals surface area contributed by atoms with Crippen molar-refractivity contribution < 1.29 is 17.9 Å². The average molecular weight is 374 g/mol. The molecule has 1 amide bonds. The van der Waals surface area contributed by atoms with E-state index in [1.807, 2.05) is 13.0 Å². The fourth-order valence-corrected chi connectivity index (χ4v) is 4.09. The van der Waals surface area contributed by atoms with Crippen molar-refractivity contribution in [1.82, 2.24) is 4.90 Å². The smallest absolute Gasteiger partial charge is 0.264 e. The number of carbonyl (C=O) groups excluding carboxylic acids is 1. The van der Waals surface area contributed by atoms with Gasteiger partial charge in [0, 0.05) is 25.7 Å². The molecule has 138 valence electrons. The molecule has 3 rings (SSSR count). The summed E-state index contributed by atoms with van der Waals surface area (Å²) in [6.45, 7) is 3.52. The van der Waals surface area contributed by atoms with Gasteiger partial charge in [0.2, 0.25) is 0 Å². The minimum absolute atomic E-state index is 0.00636. The molecule has 0 spiro atoms. The van der Waals surface area contributed by atoms with E-state index >= 15 is 0 Å². The van der Waals surface area contributed by atoms with Crippen LogP contribution in [0, 0.1) is 0 Å². The van der Waals surface area contributed by atoms with Crippen molar-refractivity contribution in [1.29, 1.82) is 0 Å². The molecule has 0 N–H and O–H groups in total. The van der Waals surface area contributed by atoms with Crippen LogP contribution in [0.3, 0.4) is 0 Å². The normalized spacial score (nSPS) is 17.8. The van der Waals surface area contributed by atoms with Gasteiger partial charge in [0.25, 0.3) is 15.9 Å². The van der Waals surface area contributed by atoms with Gasteiger partial charge in [-0.05, 0) is 43.3 Å². The van der Waals surface area contributed by atoms with Crippen molar-refractivity contribution in [3.05, 3.63) is 60.2 Å². The zero-order valence-electron chi connectivity index (χ0n) is 14.8. The van der Waals surface area contributed by atoms with E-state index in [9.17, 15) is 13.2 Å². The molecule has 1 aliphatic heterocycles. The molecule has 7 heteroatoms. The molecule has 0 aromatic heterocycles. The average Bonchev–Trinajstić information content (AvgIpc) is 2.67. The lowest BCUT2D eigenvalue weighted by atomic mass is 10.2. The summed E-state index contributed by atoms with van der Waals surface area (Å²) in [5.41, 5.74) is 1.05. The molecule has 1 fully saturated rings. The van der Waals surface area contributed by atoms with Gasteiger partial charge in [-0.3, -0.25) is 9.10 Å². The summed E-state index contributed by atoms with van der Waals surface area (Å²) >= 11 is 0. The Morgan fingerprint density at radius 1 is 1.12 bits per heavy atom. The van der Waals surface area contributed by atoms with Crippen molar-refractivity contribution in [2.45, 2.75) is 17.9 Å². The molecule has 1 aliphatic rings. The second-order valence-corrected chi connectivity index (χ2v) is 8.23. The Balaban J connectivity index is 1.79. The van der Waals surface area contributed by atoms with E-state index in [1.54, 1.807) is 41.3 Å². The first-order valence-corrected chi connectivity index (χ1v) is 9.88. The molecule has 1 unspecified atom stereocenters. The lowest BCUT2D eigenvalue weighted by Gasteiger charge is -2.31. The van der Waals surface area contributed by atoms with Crippen LogP contribution in [0.4, 0.5) is 5.69 Å². The maximum atomic E-state index is 12.8. The highest BCUT2D eigenvalue weighted by Crippen LogP contribution is 2.22. The second kappa shape index (κ2) is 7.47. The van der Waals surface area contributed by atoms with Gasteiger partial charge in [-0.25, -0.2) is 8.42 Å². The number of carbonyl (C=O) groups is 1. The number of para-hydroxylation sites is 1. The topological polar surface area (TPSA) is 66.9 Å². The number of sulfonamides is 1. The summed E-state index contributed by atoms with van der Waals surface area (Å²) in [5.74, 6) is -0.111. The predicted molar refractivity (Wildman–Crippen MR) is 99.8 cm³/mol. The SMILES string of the molecule is CC1CN(C(=O)c2ccc(S(=O)(=O)N(C)c3ccccc3)cc2)CCO1. The van der Waals surface area contributed by atoms with Crippen molar-refractivity contribution in [3.63, 3.8) is 0 Å². The number of morpholine rings is 1. The number of rotatable bonds is 4. The van der Waals surface area contributed by atoms with Gasteiger partial charge >= 0.3 is 0 Å². The Hall–Kier alpha value is -2.38. The first-order chi connectivity index (χ1) is 12.4. The molecule has 0 bridgehead atoms. The molecule has 1 atom stereocenters. The van der Waals surface area contributed by atoms with Crippen molar-refractivity contribution >= 4 is 21.6 Å². The third kappa shape index (κ3) is 3.73. The van der Waals surface area contributed by atoms with Crippen LogP contribution in [0.1, 0.15) is 17.3 Å². The Morgan fingerprint density at radius 2 is 1.77 bits per heavy atom. The summed E-state index contributed by atoms with van der Waals surface area (Å²) in [7, 11) is -2.17. The summed E-state index contributed by atoms with van der Waals surface area (Å²) in [6, 6.07) is 14.9. The predicted octanol–water partition coefficient (Wildman–Crippen LogP) is 2.37. The molecule has 0 aliphatic carbocycles. The Labute approximate surface area is 154 Å². The van der Waals surface area contributed by atoms with E-state index in [2.05, 4.69) is 0 Å². The van der Waals surface area contributed by atoms with E-state index in [1.165, 1.54) is 23.5 Å². The molecular weight excluding hydrogens is 352 g/mol. The standard InChI is InChI=1S/C19H22N2O4S/c1-15-14-21(12-13-25-15)19(22)16-8-10-18(11-9-16)26(23,24)20(2)17-6-4-3-5-7-17/h3-11,15H,12-14H2,1-2H3. The molecule has 1 heterocycles. The Bertz CT molecular complexity index is 866. The number of hydrogen-bond donors (Lipinski definition) is 0. The molecule has 2 aromatic carbocycles. The van der Waals surface area contributed by atoms with Crippen LogP contribution < -0.4 is 4.31 Å². The van der Waals surface area contributed by atoms with E-state index in [-0.39, 0.29) is 16.9 Å². The summed E-state index contributed by atoms with van der Waals surface area (Å²) in [4.78, 5) is 14.5. The maximum absolute atomic E-state index is 12.8. The Kier molecular flexibility index (Phi) is 5.29. The fraction of sp³-hybridized carbons (Fsp3) is 0.316. The highest BCUT2D eigenvalue weighted by atomic mass is 32.2.